The second-order valence-corrected chi connectivity index (χ2v) is 4.87. The number of ether oxygens (including phenoxy) is 1. The highest BCUT2D eigenvalue weighted by Crippen LogP contribution is 2.63. The number of rotatable bonds is 1. The standard InChI is InChI=1S/C10H12O4/c1-10(9(12)13)4-2-5-6(3-4)14-8(11)7(5)10/h4-7H,2-3H2,1H3,(H,12,13)/t4-,5+,6-,7+,10-/m1/s1. The highest BCUT2D eigenvalue weighted by molar-refractivity contribution is 5.87. The molecule has 3 rings (SSSR count). The second kappa shape index (κ2) is 2.12. The summed E-state index contributed by atoms with van der Waals surface area (Å²) in [6, 6.07) is 0. The Morgan fingerprint density at radius 1 is 1.57 bits per heavy atom. The Kier molecular flexibility index (Phi) is 1.25. The Hall–Kier alpha value is -1.06. The van der Waals surface area contributed by atoms with Crippen LogP contribution in [-0.2, 0) is 14.3 Å². The molecule has 0 spiro atoms. The molecule has 0 aromatic heterocycles. The molecule has 14 heavy (non-hydrogen) atoms. The van der Waals surface area contributed by atoms with Gasteiger partial charge in [0.2, 0.25) is 0 Å². The number of aliphatic carboxylic acids is 1. The zero-order valence-electron chi connectivity index (χ0n) is 7.90. The number of esters is 1. The number of carboxylic acids is 1. The summed E-state index contributed by atoms with van der Waals surface area (Å²) >= 11 is 0. The third-order valence-electron chi connectivity index (χ3n) is 4.46. The molecular weight excluding hydrogens is 184 g/mol. The summed E-state index contributed by atoms with van der Waals surface area (Å²) in [4.78, 5) is 22.8. The maximum atomic E-state index is 11.5. The Morgan fingerprint density at radius 2 is 2.29 bits per heavy atom. The minimum Gasteiger partial charge on any atom is -0.481 e. The third kappa shape index (κ3) is 0.645. The van der Waals surface area contributed by atoms with Gasteiger partial charge in [0.15, 0.2) is 0 Å². The van der Waals surface area contributed by atoms with Gasteiger partial charge >= 0.3 is 11.9 Å². The Morgan fingerprint density at radius 3 is 2.93 bits per heavy atom. The maximum Gasteiger partial charge on any atom is 0.310 e. The molecule has 4 nitrogen and oxygen atoms in total. The van der Waals surface area contributed by atoms with E-state index in [1.807, 2.05) is 0 Å². The number of carboxylic acid groups (broad SMARTS) is 1. The van der Waals surface area contributed by atoms with Crippen LogP contribution in [-0.4, -0.2) is 23.1 Å². The van der Waals surface area contributed by atoms with Crippen LogP contribution in [0.5, 0.6) is 0 Å². The molecule has 0 aromatic rings. The fourth-order valence-electron chi connectivity index (χ4n) is 3.66. The molecule has 76 valence electrons. The van der Waals surface area contributed by atoms with E-state index in [0.717, 1.165) is 12.8 Å². The van der Waals surface area contributed by atoms with Crippen LogP contribution < -0.4 is 0 Å². The highest BCUT2D eigenvalue weighted by atomic mass is 16.6. The van der Waals surface area contributed by atoms with Crippen molar-refractivity contribution < 1.29 is 19.4 Å². The van der Waals surface area contributed by atoms with Gasteiger partial charge < -0.3 is 9.84 Å². The molecule has 1 saturated heterocycles. The number of carbonyl (C=O) groups is 2. The van der Waals surface area contributed by atoms with Crippen molar-refractivity contribution in [2.75, 3.05) is 0 Å². The van der Waals surface area contributed by atoms with E-state index in [0.29, 0.717) is 0 Å². The summed E-state index contributed by atoms with van der Waals surface area (Å²) in [7, 11) is 0. The van der Waals surface area contributed by atoms with Crippen molar-refractivity contribution >= 4 is 11.9 Å². The van der Waals surface area contributed by atoms with Crippen molar-refractivity contribution in [2.45, 2.75) is 25.9 Å². The third-order valence-corrected chi connectivity index (χ3v) is 4.46. The minimum atomic E-state index is -0.866. The van der Waals surface area contributed by atoms with Crippen LogP contribution in [0.15, 0.2) is 0 Å². The van der Waals surface area contributed by atoms with Gasteiger partial charge in [-0.25, -0.2) is 0 Å². The van der Waals surface area contributed by atoms with Gasteiger partial charge in [0.25, 0.3) is 0 Å². The lowest BCUT2D eigenvalue weighted by Gasteiger charge is -2.31. The largest absolute Gasteiger partial charge is 0.481 e. The average molecular weight is 196 g/mol. The van der Waals surface area contributed by atoms with Crippen molar-refractivity contribution in [3.8, 4) is 0 Å². The predicted octanol–water partition coefficient (Wildman–Crippen LogP) is 0.659. The van der Waals surface area contributed by atoms with Crippen molar-refractivity contribution in [3.63, 3.8) is 0 Å². The maximum absolute atomic E-state index is 11.5. The van der Waals surface area contributed by atoms with Crippen LogP contribution in [0.2, 0.25) is 0 Å². The minimum absolute atomic E-state index is 0.0184. The molecule has 3 aliphatic rings. The summed E-state index contributed by atoms with van der Waals surface area (Å²) in [5, 5.41) is 9.22. The first-order valence-corrected chi connectivity index (χ1v) is 4.99. The Bertz CT molecular complexity index is 335. The Labute approximate surface area is 81.2 Å². The van der Waals surface area contributed by atoms with Gasteiger partial charge in [0, 0.05) is 5.92 Å². The second-order valence-electron chi connectivity index (χ2n) is 4.87. The molecule has 4 heteroatoms. The predicted molar refractivity (Wildman–Crippen MR) is 45.3 cm³/mol. The molecule has 0 unspecified atom stereocenters. The van der Waals surface area contributed by atoms with Gasteiger partial charge in [-0.1, -0.05) is 0 Å². The average Bonchev–Trinajstić information content (AvgIpc) is 2.64. The van der Waals surface area contributed by atoms with E-state index in [9.17, 15) is 14.7 Å². The van der Waals surface area contributed by atoms with Gasteiger partial charge in [0.1, 0.15) is 6.10 Å². The van der Waals surface area contributed by atoms with Crippen molar-refractivity contribution in [3.05, 3.63) is 0 Å². The fraction of sp³-hybridized carbons (Fsp3) is 0.800. The quantitative estimate of drug-likeness (QED) is 0.626. The SMILES string of the molecule is C[C@@]1(C(=O)O)[C@@H]2C[C@@H]3[C@H]1C(=O)O[C@@H]3C2. The molecule has 0 aromatic carbocycles. The first-order chi connectivity index (χ1) is 6.55. The molecule has 2 saturated carbocycles. The van der Waals surface area contributed by atoms with Gasteiger partial charge in [-0.05, 0) is 25.7 Å². The molecule has 0 radical (unpaired) electrons. The lowest BCUT2D eigenvalue weighted by molar-refractivity contribution is -0.158. The zero-order valence-corrected chi connectivity index (χ0v) is 7.90. The first kappa shape index (κ1) is 8.26. The molecule has 0 amide bonds. The molecule has 5 atom stereocenters. The molecule has 2 bridgehead atoms. The van der Waals surface area contributed by atoms with Gasteiger partial charge in [-0.3, -0.25) is 9.59 Å². The lowest BCUT2D eigenvalue weighted by atomic mass is 9.68. The number of fused-ring (bicyclic) bond motifs is 1. The topological polar surface area (TPSA) is 63.6 Å². The van der Waals surface area contributed by atoms with E-state index in [2.05, 4.69) is 0 Å². The number of hydrogen-bond donors (Lipinski definition) is 1. The highest BCUT2D eigenvalue weighted by Gasteiger charge is 2.70. The molecule has 1 aliphatic heterocycles. The van der Waals surface area contributed by atoms with Crippen molar-refractivity contribution in [2.24, 2.45) is 23.2 Å². The normalized spacial score (nSPS) is 53.6. The van der Waals surface area contributed by atoms with E-state index >= 15 is 0 Å². The summed E-state index contributed by atoms with van der Waals surface area (Å²) in [5.41, 5.74) is -0.866. The summed E-state index contributed by atoms with van der Waals surface area (Å²) in [5.74, 6) is -1.21. The lowest BCUT2D eigenvalue weighted by Crippen LogP contribution is -2.42. The van der Waals surface area contributed by atoms with E-state index in [4.69, 9.17) is 4.74 Å². The van der Waals surface area contributed by atoms with Gasteiger partial charge in [0.05, 0.1) is 11.3 Å². The van der Waals surface area contributed by atoms with E-state index < -0.39 is 11.4 Å². The van der Waals surface area contributed by atoms with Crippen LogP contribution in [0, 0.1) is 23.2 Å². The number of hydrogen-bond acceptors (Lipinski definition) is 3. The van der Waals surface area contributed by atoms with Crippen molar-refractivity contribution in [1.29, 1.82) is 0 Å². The van der Waals surface area contributed by atoms with Crippen LogP contribution in [0.4, 0.5) is 0 Å². The van der Waals surface area contributed by atoms with E-state index in [1.54, 1.807) is 6.92 Å². The van der Waals surface area contributed by atoms with E-state index in [-0.39, 0.29) is 29.8 Å². The summed E-state index contributed by atoms with van der Waals surface area (Å²) in [6.07, 6.45) is 1.62. The molecule has 1 heterocycles. The number of carbonyl (C=O) groups excluding carboxylic acids is 1. The van der Waals surface area contributed by atoms with Crippen molar-refractivity contribution in [1.82, 2.24) is 0 Å². The zero-order chi connectivity index (χ0) is 10.1. The Balaban J connectivity index is 2.10. The molecule has 2 aliphatic carbocycles. The van der Waals surface area contributed by atoms with Gasteiger partial charge in [-0.15, -0.1) is 0 Å². The van der Waals surface area contributed by atoms with Crippen LogP contribution in [0.1, 0.15) is 19.8 Å². The molecule has 3 fully saturated rings. The molecular formula is C10H12O4. The summed E-state index contributed by atoms with van der Waals surface area (Å²) < 4.78 is 5.18. The first-order valence-electron chi connectivity index (χ1n) is 4.99. The van der Waals surface area contributed by atoms with Crippen LogP contribution in [0.3, 0.4) is 0 Å². The summed E-state index contributed by atoms with van der Waals surface area (Å²) in [6.45, 7) is 1.70. The molecule has 1 N–H and O–H groups in total. The van der Waals surface area contributed by atoms with Crippen LogP contribution >= 0.6 is 0 Å². The van der Waals surface area contributed by atoms with E-state index in [1.165, 1.54) is 0 Å². The fourth-order valence-corrected chi connectivity index (χ4v) is 3.66. The van der Waals surface area contributed by atoms with Gasteiger partial charge in [-0.2, -0.15) is 0 Å². The monoisotopic (exact) mass is 196 g/mol. The smallest absolute Gasteiger partial charge is 0.310 e. The van der Waals surface area contributed by atoms with Crippen LogP contribution in [0.25, 0.3) is 0 Å².